The molecular weight excluding hydrogens is 238 g/mol. The third-order valence-corrected chi connectivity index (χ3v) is 2.41. The third-order valence-electron chi connectivity index (χ3n) is 2.41. The number of ether oxygens (including phenoxy) is 3. The average molecular weight is 255 g/mol. The van der Waals surface area contributed by atoms with Gasteiger partial charge in [-0.1, -0.05) is 0 Å². The van der Waals surface area contributed by atoms with Gasteiger partial charge in [0.25, 0.3) is 0 Å². The normalized spacial score (nSPS) is 9.72. The Hall–Kier alpha value is -2.11. The summed E-state index contributed by atoms with van der Waals surface area (Å²) in [4.78, 5) is 10.4. The van der Waals surface area contributed by atoms with Crippen LogP contribution in [0.25, 0.3) is 0 Å². The molecule has 0 aliphatic rings. The van der Waals surface area contributed by atoms with Crippen molar-refractivity contribution in [3.05, 3.63) is 17.7 Å². The Bertz CT molecular complexity index is 394. The second kappa shape index (κ2) is 6.58. The van der Waals surface area contributed by atoms with E-state index in [1.807, 2.05) is 0 Å². The van der Waals surface area contributed by atoms with Gasteiger partial charge in [-0.2, -0.15) is 0 Å². The molecule has 6 heteroatoms. The molecule has 1 rings (SSSR count). The molecule has 0 radical (unpaired) electrons. The monoisotopic (exact) mass is 255 g/mol. The van der Waals surface area contributed by atoms with Crippen molar-refractivity contribution in [3.63, 3.8) is 0 Å². The standard InChI is InChI=1S/C12H17NO5/c1-16-9-6-8(4-5-13-12(14)15)7-10(17-2)11(9)18-3/h6-7,13H,4-5H2,1-3H3,(H,14,15). The van der Waals surface area contributed by atoms with Crippen LogP contribution < -0.4 is 19.5 Å². The summed E-state index contributed by atoms with van der Waals surface area (Å²) in [6.45, 7) is 0.327. The van der Waals surface area contributed by atoms with Crippen LogP contribution in [0.1, 0.15) is 5.56 Å². The lowest BCUT2D eigenvalue weighted by Gasteiger charge is -2.14. The summed E-state index contributed by atoms with van der Waals surface area (Å²) in [5.74, 6) is 1.64. The molecule has 100 valence electrons. The molecular formula is C12H17NO5. The second-order valence-electron chi connectivity index (χ2n) is 3.52. The van der Waals surface area contributed by atoms with Crippen LogP contribution >= 0.6 is 0 Å². The van der Waals surface area contributed by atoms with Crippen LogP contribution in [0.2, 0.25) is 0 Å². The predicted molar refractivity (Wildman–Crippen MR) is 65.8 cm³/mol. The summed E-state index contributed by atoms with van der Waals surface area (Å²) in [6, 6.07) is 3.59. The van der Waals surface area contributed by atoms with Gasteiger partial charge in [0, 0.05) is 6.54 Å². The molecule has 0 aliphatic heterocycles. The minimum atomic E-state index is -1.04. The van der Waals surface area contributed by atoms with Crippen LogP contribution in [0, 0.1) is 0 Å². The summed E-state index contributed by atoms with van der Waals surface area (Å²) in [5, 5.41) is 10.8. The molecule has 2 N–H and O–H groups in total. The van der Waals surface area contributed by atoms with E-state index in [-0.39, 0.29) is 0 Å². The molecule has 0 unspecified atom stereocenters. The quantitative estimate of drug-likeness (QED) is 0.806. The third kappa shape index (κ3) is 3.44. The van der Waals surface area contributed by atoms with Gasteiger partial charge in [0.2, 0.25) is 5.75 Å². The average Bonchev–Trinajstić information content (AvgIpc) is 2.36. The van der Waals surface area contributed by atoms with E-state index >= 15 is 0 Å². The van der Waals surface area contributed by atoms with Crippen molar-refractivity contribution in [3.8, 4) is 17.2 Å². The van der Waals surface area contributed by atoms with Crippen LogP contribution in [0.5, 0.6) is 17.2 Å². The van der Waals surface area contributed by atoms with E-state index in [9.17, 15) is 4.79 Å². The van der Waals surface area contributed by atoms with Gasteiger partial charge in [-0.15, -0.1) is 0 Å². The van der Waals surface area contributed by atoms with Gasteiger partial charge < -0.3 is 24.6 Å². The van der Waals surface area contributed by atoms with E-state index in [2.05, 4.69) is 5.32 Å². The smallest absolute Gasteiger partial charge is 0.404 e. The number of hydrogen-bond donors (Lipinski definition) is 2. The molecule has 0 spiro atoms. The van der Waals surface area contributed by atoms with Crippen LogP contribution in [-0.4, -0.2) is 39.1 Å². The molecule has 0 saturated heterocycles. The van der Waals surface area contributed by atoms with E-state index in [0.717, 1.165) is 5.56 Å². The molecule has 0 bridgehead atoms. The Morgan fingerprint density at radius 1 is 1.17 bits per heavy atom. The maximum atomic E-state index is 10.4. The molecule has 0 aliphatic carbocycles. The summed E-state index contributed by atoms with van der Waals surface area (Å²) in [6.07, 6.45) is -0.495. The zero-order valence-electron chi connectivity index (χ0n) is 10.6. The van der Waals surface area contributed by atoms with Gasteiger partial charge in [0.1, 0.15) is 0 Å². The molecule has 0 heterocycles. The number of carboxylic acid groups (broad SMARTS) is 1. The van der Waals surface area contributed by atoms with Gasteiger partial charge in [-0.3, -0.25) is 0 Å². The van der Waals surface area contributed by atoms with Crippen LogP contribution in [-0.2, 0) is 6.42 Å². The fourth-order valence-electron chi connectivity index (χ4n) is 1.59. The first-order valence-corrected chi connectivity index (χ1v) is 5.38. The Morgan fingerprint density at radius 3 is 2.11 bits per heavy atom. The van der Waals surface area contributed by atoms with Gasteiger partial charge in [-0.25, -0.2) is 4.79 Å². The van der Waals surface area contributed by atoms with Crippen LogP contribution in [0.15, 0.2) is 12.1 Å². The summed E-state index contributed by atoms with van der Waals surface area (Å²) < 4.78 is 15.6. The highest BCUT2D eigenvalue weighted by Crippen LogP contribution is 2.38. The van der Waals surface area contributed by atoms with Crippen molar-refractivity contribution in [1.82, 2.24) is 5.32 Å². The Labute approximate surface area is 105 Å². The van der Waals surface area contributed by atoms with Crippen LogP contribution in [0.4, 0.5) is 4.79 Å². The molecule has 0 atom stereocenters. The molecule has 0 aromatic heterocycles. The Balaban J connectivity index is 2.89. The minimum Gasteiger partial charge on any atom is -0.493 e. The number of carbonyl (C=O) groups is 1. The second-order valence-corrected chi connectivity index (χ2v) is 3.52. The lowest BCUT2D eigenvalue weighted by molar-refractivity contribution is 0.194. The van der Waals surface area contributed by atoms with Crippen molar-refractivity contribution >= 4 is 6.09 Å². The number of rotatable bonds is 6. The maximum absolute atomic E-state index is 10.4. The van der Waals surface area contributed by atoms with Crippen molar-refractivity contribution in [1.29, 1.82) is 0 Å². The van der Waals surface area contributed by atoms with E-state index < -0.39 is 6.09 Å². The number of methoxy groups -OCH3 is 3. The Morgan fingerprint density at radius 2 is 1.72 bits per heavy atom. The summed E-state index contributed by atoms with van der Waals surface area (Å²) >= 11 is 0. The van der Waals surface area contributed by atoms with E-state index in [1.165, 1.54) is 21.3 Å². The zero-order valence-corrected chi connectivity index (χ0v) is 10.6. The van der Waals surface area contributed by atoms with E-state index in [0.29, 0.717) is 30.2 Å². The number of amides is 1. The molecule has 6 nitrogen and oxygen atoms in total. The van der Waals surface area contributed by atoms with Gasteiger partial charge in [0.05, 0.1) is 21.3 Å². The van der Waals surface area contributed by atoms with Crippen molar-refractivity contribution in [2.45, 2.75) is 6.42 Å². The molecule has 1 aromatic carbocycles. The summed E-state index contributed by atoms with van der Waals surface area (Å²) in [7, 11) is 4.61. The molecule has 0 fully saturated rings. The maximum Gasteiger partial charge on any atom is 0.404 e. The topological polar surface area (TPSA) is 77.0 Å². The van der Waals surface area contributed by atoms with Gasteiger partial charge >= 0.3 is 6.09 Å². The first kappa shape index (κ1) is 14.0. The SMILES string of the molecule is COc1cc(CCNC(=O)O)cc(OC)c1OC. The van der Waals surface area contributed by atoms with E-state index in [1.54, 1.807) is 12.1 Å². The van der Waals surface area contributed by atoms with Crippen molar-refractivity contribution in [2.24, 2.45) is 0 Å². The predicted octanol–water partition coefficient (Wildman–Crippen LogP) is 1.52. The highest BCUT2D eigenvalue weighted by molar-refractivity contribution is 5.64. The van der Waals surface area contributed by atoms with E-state index in [4.69, 9.17) is 19.3 Å². The molecule has 0 saturated carbocycles. The highest BCUT2D eigenvalue weighted by Gasteiger charge is 2.12. The van der Waals surface area contributed by atoms with Crippen molar-refractivity contribution in [2.75, 3.05) is 27.9 Å². The van der Waals surface area contributed by atoms with Gasteiger partial charge in [-0.05, 0) is 24.1 Å². The van der Waals surface area contributed by atoms with Crippen LogP contribution in [0.3, 0.4) is 0 Å². The lowest BCUT2D eigenvalue weighted by Crippen LogP contribution is -2.23. The fourth-order valence-corrected chi connectivity index (χ4v) is 1.59. The number of nitrogens with one attached hydrogen (secondary N) is 1. The number of benzene rings is 1. The largest absolute Gasteiger partial charge is 0.493 e. The number of hydrogen-bond acceptors (Lipinski definition) is 4. The summed E-state index contributed by atoms with van der Waals surface area (Å²) in [5.41, 5.74) is 0.901. The molecule has 18 heavy (non-hydrogen) atoms. The minimum absolute atomic E-state index is 0.327. The first-order valence-electron chi connectivity index (χ1n) is 5.38. The Kier molecular flexibility index (Phi) is 5.10. The first-order chi connectivity index (χ1) is 8.62. The van der Waals surface area contributed by atoms with Gasteiger partial charge in [0.15, 0.2) is 11.5 Å². The lowest BCUT2D eigenvalue weighted by atomic mass is 10.1. The molecule has 1 amide bonds. The zero-order chi connectivity index (χ0) is 13.5. The molecule has 1 aromatic rings. The fraction of sp³-hybridized carbons (Fsp3) is 0.417. The van der Waals surface area contributed by atoms with Crippen molar-refractivity contribution < 1.29 is 24.1 Å². The highest BCUT2D eigenvalue weighted by atomic mass is 16.5.